The average Bonchev–Trinajstić information content (AvgIpc) is 2.89. The molecule has 0 amide bonds. The summed E-state index contributed by atoms with van der Waals surface area (Å²) < 4.78 is 0. The van der Waals surface area contributed by atoms with Crippen LogP contribution in [0.3, 0.4) is 0 Å². The molecule has 1 aliphatic rings. The Hall–Kier alpha value is -0.0400. The van der Waals surface area contributed by atoms with Crippen LogP contribution < -0.4 is 5.32 Å². The summed E-state index contributed by atoms with van der Waals surface area (Å²) in [6.07, 6.45) is 17.6. The van der Waals surface area contributed by atoms with Gasteiger partial charge in [0.05, 0.1) is 0 Å². The first-order chi connectivity index (χ1) is 10.2. The second kappa shape index (κ2) is 12.5. The fourth-order valence-corrected chi connectivity index (χ4v) is 3.86. The van der Waals surface area contributed by atoms with Gasteiger partial charge in [-0.15, -0.1) is 0 Å². The fourth-order valence-electron chi connectivity index (χ4n) is 3.86. The summed E-state index contributed by atoms with van der Waals surface area (Å²) in [5.41, 5.74) is 0. The van der Waals surface area contributed by atoms with E-state index in [1.807, 2.05) is 0 Å². The largest absolute Gasteiger partial charge is 0.316 e. The van der Waals surface area contributed by atoms with Crippen molar-refractivity contribution < 1.29 is 0 Å². The van der Waals surface area contributed by atoms with E-state index in [-0.39, 0.29) is 0 Å². The van der Waals surface area contributed by atoms with Crippen molar-refractivity contribution in [1.82, 2.24) is 5.32 Å². The maximum absolute atomic E-state index is 3.69. The van der Waals surface area contributed by atoms with E-state index in [1.165, 1.54) is 90.1 Å². The van der Waals surface area contributed by atoms with E-state index in [4.69, 9.17) is 0 Å². The second-order valence-corrected chi connectivity index (χ2v) is 7.77. The van der Waals surface area contributed by atoms with Crippen LogP contribution in [0.1, 0.15) is 97.8 Å². The molecule has 21 heavy (non-hydrogen) atoms. The van der Waals surface area contributed by atoms with Crippen LogP contribution in [-0.2, 0) is 0 Å². The molecule has 0 saturated heterocycles. The van der Waals surface area contributed by atoms with Gasteiger partial charge in [-0.25, -0.2) is 0 Å². The van der Waals surface area contributed by atoms with Crippen LogP contribution in [-0.4, -0.2) is 13.1 Å². The molecule has 0 bridgehead atoms. The van der Waals surface area contributed by atoms with E-state index < -0.39 is 0 Å². The van der Waals surface area contributed by atoms with E-state index in [0.29, 0.717) is 0 Å². The van der Waals surface area contributed by atoms with E-state index >= 15 is 0 Å². The molecule has 0 aromatic heterocycles. The summed E-state index contributed by atoms with van der Waals surface area (Å²) in [4.78, 5) is 0. The highest BCUT2D eigenvalue weighted by Gasteiger charge is 2.26. The van der Waals surface area contributed by atoms with E-state index in [9.17, 15) is 0 Å². The minimum absolute atomic E-state index is 0.789. The monoisotopic (exact) mass is 295 g/mol. The molecule has 2 atom stereocenters. The molecule has 1 heteroatoms. The Morgan fingerprint density at radius 2 is 1.48 bits per heavy atom. The molecule has 1 saturated carbocycles. The quantitative estimate of drug-likeness (QED) is 0.400. The molecule has 126 valence electrons. The zero-order valence-corrected chi connectivity index (χ0v) is 15.1. The van der Waals surface area contributed by atoms with Gasteiger partial charge < -0.3 is 5.32 Å². The molecule has 1 nitrogen and oxygen atoms in total. The third kappa shape index (κ3) is 9.55. The van der Waals surface area contributed by atoms with Crippen molar-refractivity contribution in [3.63, 3.8) is 0 Å². The molecule has 1 fully saturated rings. The maximum atomic E-state index is 3.69. The summed E-state index contributed by atoms with van der Waals surface area (Å²) in [5.74, 6) is 2.80. The fraction of sp³-hybridized carbons (Fsp3) is 1.00. The lowest BCUT2D eigenvalue weighted by molar-refractivity contribution is 0.330. The predicted molar refractivity (Wildman–Crippen MR) is 95.8 cm³/mol. The number of hydrogen-bond donors (Lipinski definition) is 1. The minimum atomic E-state index is 0.789. The van der Waals surface area contributed by atoms with Crippen molar-refractivity contribution in [2.45, 2.75) is 97.8 Å². The maximum Gasteiger partial charge on any atom is -0.00178 e. The Morgan fingerprint density at radius 1 is 0.857 bits per heavy atom. The van der Waals surface area contributed by atoms with Crippen molar-refractivity contribution in [2.24, 2.45) is 17.8 Å². The molecule has 0 aromatic rings. The Morgan fingerprint density at radius 3 is 2.14 bits per heavy atom. The SMILES string of the molecule is CCCCCCCCCCC1CCCC1CNCC(C)C. The Bertz CT molecular complexity index is 224. The van der Waals surface area contributed by atoms with Crippen LogP contribution in [0, 0.1) is 17.8 Å². The minimum Gasteiger partial charge on any atom is -0.316 e. The van der Waals surface area contributed by atoms with Gasteiger partial charge in [0.2, 0.25) is 0 Å². The molecule has 0 heterocycles. The highest BCUT2D eigenvalue weighted by atomic mass is 14.9. The molecule has 1 N–H and O–H groups in total. The number of rotatable bonds is 13. The third-order valence-electron chi connectivity index (χ3n) is 5.20. The Labute approximate surface area is 134 Å². The van der Waals surface area contributed by atoms with Crippen molar-refractivity contribution in [3.05, 3.63) is 0 Å². The van der Waals surface area contributed by atoms with Gasteiger partial charge in [-0.2, -0.15) is 0 Å². The highest BCUT2D eigenvalue weighted by molar-refractivity contribution is 4.79. The molecule has 1 aliphatic carbocycles. The topological polar surface area (TPSA) is 12.0 Å². The van der Waals surface area contributed by atoms with Gasteiger partial charge in [-0.3, -0.25) is 0 Å². The summed E-state index contributed by atoms with van der Waals surface area (Å²) >= 11 is 0. The summed E-state index contributed by atoms with van der Waals surface area (Å²) in [5, 5.41) is 3.69. The molecule has 0 radical (unpaired) electrons. The van der Waals surface area contributed by atoms with Crippen LogP contribution in [0.2, 0.25) is 0 Å². The van der Waals surface area contributed by atoms with E-state index in [0.717, 1.165) is 17.8 Å². The number of unbranched alkanes of at least 4 members (excludes halogenated alkanes) is 7. The van der Waals surface area contributed by atoms with Gasteiger partial charge in [-0.05, 0) is 37.3 Å². The van der Waals surface area contributed by atoms with Crippen LogP contribution in [0.5, 0.6) is 0 Å². The lowest BCUT2D eigenvalue weighted by Crippen LogP contribution is -2.28. The third-order valence-corrected chi connectivity index (χ3v) is 5.20. The van der Waals surface area contributed by atoms with Crippen LogP contribution >= 0.6 is 0 Å². The zero-order chi connectivity index (χ0) is 15.3. The van der Waals surface area contributed by atoms with Gasteiger partial charge in [0.15, 0.2) is 0 Å². The summed E-state index contributed by atoms with van der Waals surface area (Å²) in [6, 6.07) is 0. The molecule has 2 unspecified atom stereocenters. The molecule has 0 aliphatic heterocycles. The van der Waals surface area contributed by atoms with Crippen LogP contribution in [0.25, 0.3) is 0 Å². The van der Waals surface area contributed by atoms with Crippen molar-refractivity contribution in [1.29, 1.82) is 0 Å². The normalized spacial score (nSPS) is 22.3. The summed E-state index contributed by atoms with van der Waals surface area (Å²) in [7, 11) is 0. The average molecular weight is 296 g/mol. The van der Waals surface area contributed by atoms with Crippen molar-refractivity contribution in [2.75, 3.05) is 13.1 Å². The Kier molecular flexibility index (Phi) is 11.3. The van der Waals surface area contributed by atoms with Gasteiger partial charge in [-0.1, -0.05) is 91.4 Å². The first-order valence-electron chi connectivity index (χ1n) is 9.94. The van der Waals surface area contributed by atoms with E-state index in [1.54, 1.807) is 0 Å². The van der Waals surface area contributed by atoms with Gasteiger partial charge in [0.1, 0.15) is 0 Å². The number of hydrogen-bond acceptors (Lipinski definition) is 1. The first kappa shape index (κ1) is 19.0. The van der Waals surface area contributed by atoms with Crippen molar-refractivity contribution >= 4 is 0 Å². The number of nitrogens with one attached hydrogen (secondary N) is 1. The second-order valence-electron chi connectivity index (χ2n) is 7.77. The lowest BCUT2D eigenvalue weighted by Gasteiger charge is -2.20. The first-order valence-corrected chi connectivity index (χ1v) is 9.94. The van der Waals surface area contributed by atoms with E-state index in [2.05, 4.69) is 26.1 Å². The molecular formula is C20H41N. The van der Waals surface area contributed by atoms with Gasteiger partial charge >= 0.3 is 0 Å². The smallest absolute Gasteiger partial charge is 0.00178 e. The predicted octanol–water partition coefficient (Wildman–Crippen LogP) is 6.18. The molecule has 0 spiro atoms. The van der Waals surface area contributed by atoms with Crippen molar-refractivity contribution in [3.8, 4) is 0 Å². The molecular weight excluding hydrogens is 254 g/mol. The standard InChI is InChI=1S/C20H41N/c1-4-5-6-7-8-9-10-11-13-19-14-12-15-20(19)17-21-16-18(2)3/h18-21H,4-17H2,1-3H3. The molecule has 1 rings (SSSR count). The highest BCUT2D eigenvalue weighted by Crippen LogP contribution is 2.35. The zero-order valence-electron chi connectivity index (χ0n) is 15.1. The van der Waals surface area contributed by atoms with Crippen LogP contribution in [0.4, 0.5) is 0 Å². The Balaban J connectivity index is 1.97. The van der Waals surface area contributed by atoms with Gasteiger partial charge in [0, 0.05) is 0 Å². The summed E-state index contributed by atoms with van der Waals surface area (Å²) in [6.45, 7) is 9.38. The lowest BCUT2D eigenvalue weighted by atomic mass is 9.90. The molecule has 0 aromatic carbocycles. The van der Waals surface area contributed by atoms with Crippen LogP contribution in [0.15, 0.2) is 0 Å². The van der Waals surface area contributed by atoms with Gasteiger partial charge in [0.25, 0.3) is 0 Å².